The molecular weight excluding hydrogens is 254 g/mol. The SMILES string of the molecule is CC(=O)[O-].CC(=O)[O-].CC(=O)[O-].O.[Ga+3]. The topological polar surface area (TPSA) is 152 Å². The fourth-order valence-electron chi connectivity index (χ4n) is 0. The second-order valence-corrected chi connectivity index (χ2v) is 1.47. The van der Waals surface area contributed by atoms with Gasteiger partial charge >= 0.3 is 19.8 Å². The van der Waals surface area contributed by atoms with Crippen LogP contribution in [0, 0.1) is 0 Å². The first kappa shape index (κ1) is 29.2. The van der Waals surface area contributed by atoms with Crippen LogP contribution in [0.25, 0.3) is 0 Å². The van der Waals surface area contributed by atoms with Gasteiger partial charge in [0.25, 0.3) is 0 Å². The maximum Gasteiger partial charge on any atom is 3.00 e. The van der Waals surface area contributed by atoms with Gasteiger partial charge in [0.05, 0.1) is 0 Å². The van der Waals surface area contributed by atoms with Crippen LogP contribution < -0.4 is 15.3 Å². The summed E-state index contributed by atoms with van der Waals surface area (Å²) < 4.78 is 0. The minimum Gasteiger partial charge on any atom is -0.550 e. The Morgan fingerprint density at radius 3 is 0.714 bits per heavy atom. The molecule has 0 unspecified atom stereocenters. The Balaban J connectivity index is -0.0000000270. The van der Waals surface area contributed by atoms with Crippen LogP contribution in [0.5, 0.6) is 0 Å². The normalized spacial score (nSPS) is 5.36. The Hall–Kier alpha value is -0.994. The third-order valence-corrected chi connectivity index (χ3v) is 0. The summed E-state index contributed by atoms with van der Waals surface area (Å²) in [5.74, 6) is -3.25. The molecule has 7 nitrogen and oxygen atoms in total. The van der Waals surface area contributed by atoms with Crippen molar-refractivity contribution in [2.45, 2.75) is 20.8 Å². The molecule has 14 heavy (non-hydrogen) atoms. The van der Waals surface area contributed by atoms with Crippen LogP contribution in [0.15, 0.2) is 0 Å². The van der Waals surface area contributed by atoms with Gasteiger partial charge < -0.3 is 35.2 Å². The van der Waals surface area contributed by atoms with E-state index in [2.05, 4.69) is 0 Å². The molecule has 0 radical (unpaired) electrons. The number of aliphatic carboxylic acids is 3. The van der Waals surface area contributed by atoms with Crippen molar-refractivity contribution in [3.63, 3.8) is 0 Å². The molecule has 0 spiro atoms. The molecule has 2 N–H and O–H groups in total. The van der Waals surface area contributed by atoms with Gasteiger partial charge in [0.2, 0.25) is 0 Å². The summed E-state index contributed by atoms with van der Waals surface area (Å²) in [6, 6.07) is 0. The van der Waals surface area contributed by atoms with E-state index < -0.39 is 17.9 Å². The largest absolute Gasteiger partial charge is 3.00 e. The third-order valence-electron chi connectivity index (χ3n) is 0. The van der Waals surface area contributed by atoms with Gasteiger partial charge in [0, 0.05) is 17.9 Å². The van der Waals surface area contributed by atoms with Gasteiger partial charge in [-0.3, -0.25) is 0 Å². The minimum absolute atomic E-state index is 0. The Labute approximate surface area is 94.1 Å². The van der Waals surface area contributed by atoms with Crippen molar-refractivity contribution in [3.05, 3.63) is 0 Å². The van der Waals surface area contributed by atoms with Crippen LogP contribution in [0.2, 0.25) is 0 Å². The molecule has 0 amide bonds. The van der Waals surface area contributed by atoms with Gasteiger partial charge in [-0.2, -0.15) is 0 Å². The zero-order valence-corrected chi connectivity index (χ0v) is 10.4. The number of hydrogen-bond acceptors (Lipinski definition) is 6. The smallest absolute Gasteiger partial charge is 0.550 e. The Morgan fingerprint density at radius 1 is 0.714 bits per heavy atom. The molecular formula is C6H11GaO7. The van der Waals surface area contributed by atoms with Crippen molar-refractivity contribution in [3.8, 4) is 0 Å². The maximum absolute atomic E-state index is 8.89. The Morgan fingerprint density at radius 2 is 0.714 bits per heavy atom. The van der Waals surface area contributed by atoms with Crippen molar-refractivity contribution in [2.24, 2.45) is 0 Å². The Kier molecular flexibility index (Phi) is 47.4. The van der Waals surface area contributed by atoms with Gasteiger partial charge in [-0.05, 0) is 20.8 Å². The fraction of sp³-hybridized carbons (Fsp3) is 0.500. The second kappa shape index (κ2) is 22.7. The van der Waals surface area contributed by atoms with Crippen molar-refractivity contribution < 1.29 is 35.2 Å². The first-order valence-electron chi connectivity index (χ1n) is 2.72. The van der Waals surface area contributed by atoms with Crippen LogP contribution >= 0.6 is 0 Å². The van der Waals surface area contributed by atoms with Gasteiger partial charge in [0.1, 0.15) is 0 Å². The number of hydrogen-bond donors (Lipinski definition) is 0. The number of carbonyl (C=O) groups excluding carboxylic acids is 3. The molecule has 0 atom stereocenters. The van der Waals surface area contributed by atoms with Crippen LogP contribution in [-0.4, -0.2) is 43.2 Å². The predicted molar refractivity (Wildman–Crippen MR) is 41.4 cm³/mol. The molecule has 0 heterocycles. The first-order chi connectivity index (χ1) is 5.20. The van der Waals surface area contributed by atoms with E-state index in [0.29, 0.717) is 0 Å². The van der Waals surface area contributed by atoms with Crippen LogP contribution in [-0.2, 0) is 14.4 Å². The summed E-state index contributed by atoms with van der Waals surface area (Å²) in [7, 11) is 0. The molecule has 8 heteroatoms. The van der Waals surface area contributed by atoms with Crippen molar-refractivity contribution >= 4 is 37.7 Å². The van der Waals surface area contributed by atoms with Gasteiger partial charge in [-0.15, -0.1) is 0 Å². The summed E-state index contributed by atoms with van der Waals surface area (Å²) >= 11 is 0. The molecule has 0 aromatic carbocycles. The van der Waals surface area contributed by atoms with Crippen molar-refractivity contribution in [1.82, 2.24) is 0 Å². The van der Waals surface area contributed by atoms with Gasteiger partial charge in [-0.25, -0.2) is 0 Å². The summed E-state index contributed by atoms with van der Waals surface area (Å²) in [6.45, 7) is 2.92. The first-order valence-corrected chi connectivity index (χ1v) is 2.72. The molecule has 0 aliphatic heterocycles. The average Bonchev–Trinajstić information content (AvgIpc) is 1.54. The summed E-state index contributed by atoms with van der Waals surface area (Å²) in [6.07, 6.45) is 0. The number of carboxylic acid groups (broad SMARTS) is 3. The zero-order valence-electron chi connectivity index (χ0n) is 8.03. The van der Waals surface area contributed by atoms with Crippen LogP contribution in [0.1, 0.15) is 20.8 Å². The molecule has 0 aromatic heterocycles. The second-order valence-electron chi connectivity index (χ2n) is 1.47. The molecule has 80 valence electrons. The summed E-state index contributed by atoms with van der Waals surface area (Å²) in [5, 5.41) is 26.7. The van der Waals surface area contributed by atoms with E-state index in [1.807, 2.05) is 0 Å². The Bertz CT molecular complexity index is 116. The molecule has 0 rings (SSSR count). The van der Waals surface area contributed by atoms with E-state index in [9.17, 15) is 0 Å². The van der Waals surface area contributed by atoms with Gasteiger partial charge in [-0.1, -0.05) is 0 Å². The van der Waals surface area contributed by atoms with Crippen molar-refractivity contribution in [2.75, 3.05) is 0 Å². The third kappa shape index (κ3) is 1120. The van der Waals surface area contributed by atoms with Crippen LogP contribution in [0.4, 0.5) is 0 Å². The molecule has 0 fully saturated rings. The van der Waals surface area contributed by atoms with E-state index in [-0.39, 0.29) is 25.3 Å². The number of rotatable bonds is 0. The average molecular weight is 265 g/mol. The standard InChI is InChI=1S/3C2H4O2.Ga.H2O/c3*1-2(3)4;;/h3*1H3,(H,3,4);;1H2/q;;;+3;/p-3. The quantitative estimate of drug-likeness (QED) is 0.400. The van der Waals surface area contributed by atoms with E-state index >= 15 is 0 Å². The van der Waals surface area contributed by atoms with E-state index in [4.69, 9.17) is 29.7 Å². The molecule has 0 aromatic rings. The monoisotopic (exact) mass is 264 g/mol. The summed E-state index contributed by atoms with van der Waals surface area (Å²) in [5.41, 5.74) is 0. The summed E-state index contributed by atoms with van der Waals surface area (Å²) in [4.78, 5) is 26.7. The molecule has 0 saturated heterocycles. The molecule has 0 bridgehead atoms. The molecule has 0 aliphatic rings. The van der Waals surface area contributed by atoms with E-state index in [0.717, 1.165) is 20.8 Å². The van der Waals surface area contributed by atoms with Gasteiger partial charge in [0.15, 0.2) is 0 Å². The zero-order chi connectivity index (χ0) is 10.7. The van der Waals surface area contributed by atoms with Crippen molar-refractivity contribution in [1.29, 1.82) is 0 Å². The molecule has 0 aliphatic carbocycles. The predicted octanol–water partition coefficient (Wildman–Crippen LogP) is -4.94. The maximum atomic E-state index is 8.89. The fourth-order valence-corrected chi connectivity index (χ4v) is 0. The molecule has 0 saturated carbocycles. The van der Waals surface area contributed by atoms with Crippen LogP contribution in [0.3, 0.4) is 0 Å². The number of carboxylic acids is 3. The van der Waals surface area contributed by atoms with E-state index in [1.54, 1.807) is 0 Å². The minimum atomic E-state index is -1.08. The van der Waals surface area contributed by atoms with E-state index in [1.165, 1.54) is 0 Å². The number of carbonyl (C=O) groups is 3.